The number of likely N-dealkylation sites (N-methyl/N-ethyl adjacent to an activating group) is 1. The number of rotatable bonds is 7. The van der Waals surface area contributed by atoms with Crippen molar-refractivity contribution in [3.05, 3.63) is 33.8 Å². The Morgan fingerprint density at radius 3 is 2.38 bits per heavy atom. The first-order valence-electron chi connectivity index (χ1n) is 10.8. The summed E-state index contributed by atoms with van der Waals surface area (Å²) in [4.78, 5) is 52.2. The van der Waals surface area contributed by atoms with Gasteiger partial charge in [0.25, 0.3) is 5.91 Å². The van der Waals surface area contributed by atoms with Crippen molar-refractivity contribution in [3.8, 4) is 0 Å². The minimum Gasteiger partial charge on any atom is -0.497 e. The van der Waals surface area contributed by atoms with Gasteiger partial charge >= 0.3 is 19.1 Å². The highest BCUT2D eigenvalue weighted by Gasteiger charge is 2.48. The average molecular weight is 530 g/mol. The molecule has 9 nitrogen and oxygen atoms in total. The molecule has 2 aliphatic heterocycles. The smallest absolute Gasteiger partial charge is 0.497 e. The molecule has 0 spiro atoms. The summed E-state index contributed by atoms with van der Waals surface area (Å²) in [6, 6.07) is 3.29. The van der Waals surface area contributed by atoms with E-state index in [1.165, 1.54) is 23.9 Å². The number of hydrogen-bond acceptors (Lipinski definition) is 8. The summed E-state index contributed by atoms with van der Waals surface area (Å²) in [6.07, 6.45) is 0.380. The van der Waals surface area contributed by atoms with Crippen LogP contribution in [0.25, 0.3) is 0 Å². The van der Waals surface area contributed by atoms with Gasteiger partial charge < -0.3 is 19.9 Å². The number of carbonyl (C=O) groups is 4. The highest BCUT2D eigenvalue weighted by atomic mass is 35.5. The number of nitrogens with zero attached hydrogens (tertiary/aromatic N) is 1. The zero-order valence-corrected chi connectivity index (χ0v) is 21.3. The maximum Gasteiger partial charge on any atom is 0.622 e. The number of amides is 2. The van der Waals surface area contributed by atoms with E-state index in [1.807, 2.05) is 13.8 Å². The summed E-state index contributed by atoms with van der Waals surface area (Å²) in [5.74, 6) is -1.82. The third kappa shape index (κ3) is 6.59. The van der Waals surface area contributed by atoms with E-state index in [1.54, 1.807) is 18.0 Å². The SMILES string of the molecule is CC(C)C[C@H](NC(=O)CNC(=O)c1cc(Cl)ccc1Cl)B1OC(=O)[C@H]2CSC[C@@H](C(=O)O1)N2C. The summed E-state index contributed by atoms with van der Waals surface area (Å²) in [7, 11) is 0.423. The fourth-order valence-electron chi connectivity index (χ4n) is 3.72. The van der Waals surface area contributed by atoms with Crippen molar-refractivity contribution in [2.45, 2.75) is 38.3 Å². The molecule has 34 heavy (non-hydrogen) atoms. The number of nitrogens with one attached hydrogen (secondary N) is 2. The van der Waals surface area contributed by atoms with Crippen LogP contribution in [0.5, 0.6) is 0 Å². The lowest BCUT2D eigenvalue weighted by atomic mass is 9.73. The molecule has 2 saturated heterocycles. The number of benzene rings is 1. The molecule has 0 saturated carbocycles. The first-order valence-corrected chi connectivity index (χ1v) is 12.7. The van der Waals surface area contributed by atoms with Gasteiger partial charge in [-0.3, -0.25) is 24.1 Å². The van der Waals surface area contributed by atoms with Crippen LogP contribution in [0.3, 0.4) is 0 Å². The van der Waals surface area contributed by atoms with Crippen LogP contribution in [0.2, 0.25) is 10.0 Å². The quantitative estimate of drug-likeness (QED) is 0.514. The Balaban J connectivity index is 1.68. The zero-order valence-electron chi connectivity index (χ0n) is 19.0. The zero-order chi connectivity index (χ0) is 25.0. The lowest BCUT2D eigenvalue weighted by Crippen LogP contribution is -2.62. The van der Waals surface area contributed by atoms with Crippen molar-refractivity contribution in [3.63, 3.8) is 0 Å². The van der Waals surface area contributed by atoms with Crippen LogP contribution in [0.4, 0.5) is 0 Å². The van der Waals surface area contributed by atoms with Crippen LogP contribution in [-0.4, -0.2) is 78.9 Å². The molecule has 184 valence electrons. The standard InChI is InChI=1S/C21H26BCl2N3O6S/c1-11(2)6-17(22-32-20(30)15-9-34-10-16(27(15)3)21(31)33-22)26-18(28)8-25-19(29)13-7-12(23)4-5-14(13)24/h4-5,7,11,15-17H,6,8-10H2,1-3H3,(H,25,29)(H,26,28)/t15-,16+,17-/m0/s1. The average Bonchev–Trinajstić information content (AvgIpc) is 2.77. The highest BCUT2D eigenvalue weighted by molar-refractivity contribution is 7.99. The number of hydrogen-bond donors (Lipinski definition) is 2. The van der Waals surface area contributed by atoms with Gasteiger partial charge in [0.1, 0.15) is 12.1 Å². The van der Waals surface area contributed by atoms with Gasteiger partial charge in [0.05, 0.1) is 23.1 Å². The maximum absolute atomic E-state index is 12.8. The molecule has 0 aromatic heterocycles. The van der Waals surface area contributed by atoms with E-state index in [9.17, 15) is 19.2 Å². The molecule has 13 heteroatoms. The second-order valence-electron chi connectivity index (χ2n) is 8.59. The Hall–Kier alpha value is -1.95. The molecule has 0 radical (unpaired) electrons. The van der Waals surface area contributed by atoms with E-state index in [4.69, 9.17) is 32.5 Å². The number of fused-ring (bicyclic) bond motifs is 2. The Morgan fingerprint density at radius 1 is 1.18 bits per heavy atom. The highest BCUT2D eigenvalue weighted by Crippen LogP contribution is 2.26. The van der Waals surface area contributed by atoms with Crippen molar-refractivity contribution in [2.24, 2.45) is 5.92 Å². The Kier molecular flexibility index (Phi) is 9.14. The normalized spacial score (nSPS) is 21.8. The topological polar surface area (TPSA) is 114 Å². The minimum absolute atomic E-state index is 0.0886. The molecule has 2 N–H and O–H groups in total. The van der Waals surface area contributed by atoms with Gasteiger partial charge in [0.15, 0.2) is 0 Å². The van der Waals surface area contributed by atoms with Crippen LogP contribution in [0, 0.1) is 5.92 Å². The van der Waals surface area contributed by atoms with E-state index in [2.05, 4.69) is 10.6 Å². The molecule has 3 rings (SSSR count). The summed E-state index contributed by atoms with van der Waals surface area (Å²) in [6.45, 7) is 3.48. The van der Waals surface area contributed by atoms with Crippen molar-refractivity contribution >= 4 is 65.8 Å². The van der Waals surface area contributed by atoms with Crippen molar-refractivity contribution in [1.29, 1.82) is 0 Å². The summed E-state index contributed by atoms with van der Waals surface area (Å²) < 4.78 is 11.1. The predicted octanol–water partition coefficient (Wildman–Crippen LogP) is 1.80. The van der Waals surface area contributed by atoms with Crippen molar-refractivity contribution in [1.82, 2.24) is 15.5 Å². The van der Waals surface area contributed by atoms with E-state index in [0.717, 1.165) is 0 Å². The fraction of sp³-hybridized carbons (Fsp3) is 0.524. The monoisotopic (exact) mass is 529 g/mol. The molecule has 2 fully saturated rings. The van der Waals surface area contributed by atoms with Crippen molar-refractivity contribution in [2.75, 3.05) is 25.1 Å². The largest absolute Gasteiger partial charge is 0.622 e. The number of thioether (sulfide) groups is 1. The second-order valence-corrected chi connectivity index (χ2v) is 10.5. The van der Waals surface area contributed by atoms with Gasteiger partial charge in [-0.05, 0) is 37.6 Å². The molecule has 1 aromatic carbocycles. The third-order valence-corrected chi connectivity index (χ3v) is 7.19. The minimum atomic E-state index is -1.27. The first kappa shape index (κ1) is 26.7. The van der Waals surface area contributed by atoms with E-state index in [-0.39, 0.29) is 23.0 Å². The van der Waals surface area contributed by atoms with Crippen LogP contribution in [0.15, 0.2) is 18.2 Å². The number of halogens is 2. The van der Waals surface area contributed by atoms with Gasteiger partial charge in [0, 0.05) is 16.5 Å². The van der Waals surface area contributed by atoms with Gasteiger partial charge in [-0.15, -0.1) is 0 Å². The fourth-order valence-corrected chi connectivity index (χ4v) is 5.42. The third-order valence-electron chi connectivity index (χ3n) is 5.53. The lowest BCUT2D eigenvalue weighted by molar-refractivity contribution is -0.153. The van der Waals surface area contributed by atoms with Gasteiger partial charge in [-0.1, -0.05) is 37.0 Å². The van der Waals surface area contributed by atoms with E-state index < -0.39 is 48.9 Å². The van der Waals surface area contributed by atoms with Gasteiger partial charge in [-0.2, -0.15) is 11.8 Å². The molecule has 3 atom stereocenters. The lowest BCUT2D eigenvalue weighted by Gasteiger charge is -2.40. The maximum atomic E-state index is 12.8. The van der Waals surface area contributed by atoms with E-state index in [0.29, 0.717) is 22.9 Å². The second kappa shape index (κ2) is 11.7. The molecule has 2 aliphatic rings. The molecular weight excluding hydrogens is 504 g/mol. The first-order chi connectivity index (χ1) is 16.1. The summed E-state index contributed by atoms with van der Waals surface area (Å²) in [5.41, 5.74) is 0.136. The van der Waals surface area contributed by atoms with Gasteiger partial charge in [-0.25, -0.2) is 0 Å². The Bertz CT molecular complexity index is 942. The summed E-state index contributed by atoms with van der Waals surface area (Å²) in [5, 5.41) is 5.75. The molecule has 0 unspecified atom stereocenters. The van der Waals surface area contributed by atoms with Crippen LogP contribution in [0.1, 0.15) is 30.6 Å². The summed E-state index contributed by atoms with van der Waals surface area (Å²) >= 11 is 13.4. The van der Waals surface area contributed by atoms with Gasteiger partial charge in [0.2, 0.25) is 5.91 Å². The number of carbonyl (C=O) groups excluding carboxylic acids is 4. The van der Waals surface area contributed by atoms with Crippen LogP contribution < -0.4 is 10.6 Å². The van der Waals surface area contributed by atoms with Crippen LogP contribution >= 0.6 is 35.0 Å². The molecule has 2 bridgehead atoms. The molecule has 2 amide bonds. The van der Waals surface area contributed by atoms with E-state index >= 15 is 0 Å². The predicted molar refractivity (Wildman–Crippen MR) is 131 cm³/mol. The molecular formula is C21H26BCl2N3O6S. The molecule has 2 heterocycles. The molecule has 0 aliphatic carbocycles. The molecule has 1 aromatic rings. The Labute approximate surface area is 212 Å². The van der Waals surface area contributed by atoms with Crippen molar-refractivity contribution < 1.29 is 28.5 Å². The van der Waals surface area contributed by atoms with Crippen LogP contribution in [-0.2, 0) is 23.7 Å². The Morgan fingerprint density at radius 2 is 1.79 bits per heavy atom.